The van der Waals surface area contributed by atoms with E-state index >= 15 is 0 Å². The van der Waals surface area contributed by atoms with Crippen molar-refractivity contribution in [2.45, 2.75) is 19.9 Å². The second-order valence-electron chi connectivity index (χ2n) is 5.37. The highest BCUT2D eigenvalue weighted by molar-refractivity contribution is 5.94. The number of nitrogens with zero attached hydrogens (tertiary/aromatic N) is 2. The van der Waals surface area contributed by atoms with E-state index in [2.05, 4.69) is 10.3 Å². The molecule has 1 aromatic carbocycles. The third kappa shape index (κ3) is 2.99. The summed E-state index contributed by atoms with van der Waals surface area (Å²) in [5.74, 6) is -1.17. The third-order valence-corrected chi connectivity index (χ3v) is 3.81. The van der Waals surface area contributed by atoms with Crippen LogP contribution < -0.4 is 5.32 Å². The Hall–Kier alpha value is -3.15. The molecular formula is C18H17N3O3. The van der Waals surface area contributed by atoms with E-state index in [-0.39, 0.29) is 11.5 Å². The van der Waals surface area contributed by atoms with Gasteiger partial charge in [-0.2, -0.15) is 0 Å². The molecule has 3 rings (SSSR count). The number of nitrogens with one attached hydrogen (secondary N) is 1. The summed E-state index contributed by atoms with van der Waals surface area (Å²) in [5, 5.41) is 11.8. The molecule has 0 atom stereocenters. The Morgan fingerprint density at radius 1 is 1.17 bits per heavy atom. The fraction of sp³-hybridized carbons (Fsp3) is 0.167. The first-order valence-electron chi connectivity index (χ1n) is 7.66. The number of aromatic nitrogens is 2. The first kappa shape index (κ1) is 15.7. The van der Waals surface area contributed by atoms with Gasteiger partial charge in [0.05, 0.1) is 11.3 Å². The Kier molecular flexibility index (Phi) is 4.29. The van der Waals surface area contributed by atoms with E-state index in [1.54, 1.807) is 16.5 Å². The highest BCUT2D eigenvalue weighted by Crippen LogP contribution is 2.13. The van der Waals surface area contributed by atoms with Crippen molar-refractivity contribution in [1.82, 2.24) is 14.7 Å². The molecule has 2 heterocycles. The molecule has 24 heavy (non-hydrogen) atoms. The van der Waals surface area contributed by atoms with Gasteiger partial charge in [-0.05, 0) is 36.2 Å². The maximum Gasteiger partial charge on any atom is 0.335 e. The topological polar surface area (TPSA) is 83.7 Å². The Bertz CT molecular complexity index is 898. The summed E-state index contributed by atoms with van der Waals surface area (Å²) in [7, 11) is 0. The molecule has 0 unspecified atom stereocenters. The molecule has 0 fully saturated rings. The van der Waals surface area contributed by atoms with Gasteiger partial charge in [0.15, 0.2) is 0 Å². The van der Waals surface area contributed by atoms with Crippen LogP contribution in [0, 0.1) is 0 Å². The first-order valence-corrected chi connectivity index (χ1v) is 7.66. The number of carboxylic acids is 1. The quantitative estimate of drug-likeness (QED) is 0.756. The molecule has 0 radical (unpaired) electrons. The van der Waals surface area contributed by atoms with Gasteiger partial charge < -0.3 is 10.4 Å². The number of hydrogen-bond donors (Lipinski definition) is 2. The minimum absolute atomic E-state index is 0.201. The monoisotopic (exact) mass is 323 g/mol. The maximum atomic E-state index is 12.6. The predicted molar refractivity (Wildman–Crippen MR) is 89.1 cm³/mol. The average molecular weight is 323 g/mol. The summed E-state index contributed by atoms with van der Waals surface area (Å²) in [6, 6.07) is 12.0. The summed E-state index contributed by atoms with van der Waals surface area (Å²) < 4.78 is 1.78. The van der Waals surface area contributed by atoms with Gasteiger partial charge in [-0.1, -0.05) is 25.1 Å². The summed E-state index contributed by atoms with van der Waals surface area (Å²) in [5.41, 5.74) is 3.08. The molecular weight excluding hydrogens is 306 g/mol. The lowest BCUT2D eigenvalue weighted by molar-refractivity contribution is 0.0696. The van der Waals surface area contributed by atoms with E-state index in [4.69, 9.17) is 5.11 Å². The minimum Gasteiger partial charge on any atom is -0.478 e. The van der Waals surface area contributed by atoms with Gasteiger partial charge in [-0.25, -0.2) is 9.78 Å². The SMILES string of the molecule is CCc1nc2ccccn2c1C(=O)NCc1ccc(C(=O)O)cc1. The van der Waals surface area contributed by atoms with Crippen LogP contribution >= 0.6 is 0 Å². The van der Waals surface area contributed by atoms with Crippen LogP contribution in [0.3, 0.4) is 0 Å². The normalized spacial score (nSPS) is 10.7. The molecule has 6 nitrogen and oxygen atoms in total. The summed E-state index contributed by atoms with van der Waals surface area (Å²) in [6.07, 6.45) is 2.48. The van der Waals surface area contributed by atoms with Crippen molar-refractivity contribution >= 4 is 17.5 Å². The van der Waals surface area contributed by atoms with Gasteiger partial charge in [0.25, 0.3) is 5.91 Å². The summed E-state index contributed by atoms with van der Waals surface area (Å²) in [4.78, 5) is 27.9. The molecule has 0 aliphatic carbocycles. The van der Waals surface area contributed by atoms with Crippen molar-refractivity contribution in [3.8, 4) is 0 Å². The number of hydrogen-bond acceptors (Lipinski definition) is 3. The molecule has 122 valence electrons. The first-order chi connectivity index (χ1) is 11.6. The standard InChI is InChI=1S/C18H17N3O3/c1-2-14-16(21-10-4-3-5-15(21)20-14)17(22)19-11-12-6-8-13(9-7-12)18(23)24/h3-10H,2,11H2,1H3,(H,19,22)(H,23,24). The second-order valence-corrected chi connectivity index (χ2v) is 5.37. The number of benzene rings is 1. The van der Waals surface area contributed by atoms with Crippen molar-refractivity contribution in [3.05, 3.63) is 71.2 Å². The molecule has 0 spiro atoms. The highest BCUT2D eigenvalue weighted by atomic mass is 16.4. The number of carbonyl (C=O) groups excluding carboxylic acids is 1. The number of carbonyl (C=O) groups is 2. The molecule has 1 amide bonds. The number of aryl methyl sites for hydroxylation is 1. The zero-order valence-corrected chi connectivity index (χ0v) is 13.2. The molecule has 0 saturated heterocycles. The van der Waals surface area contributed by atoms with E-state index in [9.17, 15) is 9.59 Å². The number of pyridine rings is 1. The minimum atomic E-state index is -0.969. The lowest BCUT2D eigenvalue weighted by atomic mass is 10.1. The van der Waals surface area contributed by atoms with Gasteiger partial charge in [-0.3, -0.25) is 9.20 Å². The fourth-order valence-corrected chi connectivity index (χ4v) is 2.56. The Labute approximate surface area is 138 Å². The summed E-state index contributed by atoms with van der Waals surface area (Å²) >= 11 is 0. The largest absolute Gasteiger partial charge is 0.478 e. The Balaban J connectivity index is 1.79. The van der Waals surface area contributed by atoms with Crippen LogP contribution in [0.5, 0.6) is 0 Å². The van der Waals surface area contributed by atoms with E-state index in [0.29, 0.717) is 18.7 Å². The van der Waals surface area contributed by atoms with Crippen LogP contribution in [0.15, 0.2) is 48.7 Å². The number of carboxylic acid groups (broad SMARTS) is 1. The van der Waals surface area contributed by atoms with Crippen molar-refractivity contribution in [3.63, 3.8) is 0 Å². The molecule has 2 aromatic heterocycles. The highest BCUT2D eigenvalue weighted by Gasteiger charge is 2.17. The van der Waals surface area contributed by atoms with Crippen molar-refractivity contribution in [1.29, 1.82) is 0 Å². The molecule has 0 saturated carbocycles. The van der Waals surface area contributed by atoms with E-state index in [0.717, 1.165) is 16.9 Å². The fourth-order valence-electron chi connectivity index (χ4n) is 2.56. The van der Waals surface area contributed by atoms with Gasteiger partial charge in [-0.15, -0.1) is 0 Å². The van der Waals surface area contributed by atoms with E-state index < -0.39 is 5.97 Å². The van der Waals surface area contributed by atoms with Crippen LogP contribution in [0.4, 0.5) is 0 Å². The lowest BCUT2D eigenvalue weighted by Gasteiger charge is -2.07. The van der Waals surface area contributed by atoms with Crippen molar-refractivity contribution in [2.24, 2.45) is 0 Å². The van der Waals surface area contributed by atoms with E-state index in [1.165, 1.54) is 12.1 Å². The number of fused-ring (bicyclic) bond motifs is 1. The smallest absolute Gasteiger partial charge is 0.335 e. The van der Waals surface area contributed by atoms with Crippen LogP contribution in [0.1, 0.15) is 39.0 Å². The van der Waals surface area contributed by atoms with Crippen LogP contribution in [-0.4, -0.2) is 26.4 Å². The second kappa shape index (κ2) is 6.54. The van der Waals surface area contributed by atoms with Gasteiger partial charge >= 0.3 is 5.97 Å². The lowest BCUT2D eigenvalue weighted by Crippen LogP contribution is -2.25. The zero-order chi connectivity index (χ0) is 17.1. The molecule has 2 N–H and O–H groups in total. The van der Waals surface area contributed by atoms with Crippen molar-refractivity contribution in [2.75, 3.05) is 0 Å². The predicted octanol–water partition coefficient (Wildman–Crippen LogP) is 2.52. The van der Waals surface area contributed by atoms with Crippen LogP contribution in [0.25, 0.3) is 5.65 Å². The van der Waals surface area contributed by atoms with Gasteiger partial charge in [0, 0.05) is 12.7 Å². The third-order valence-electron chi connectivity index (χ3n) is 3.81. The zero-order valence-electron chi connectivity index (χ0n) is 13.2. The number of imidazole rings is 1. The molecule has 0 bridgehead atoms. The molecule has 3 aromatic rings. The van der Waals surface area contributed by atoms with E-state index in [1.807, 2.05) is 31.3 Å². The molecule has 0 aliphatic rings. The van der Waals surface area contributed by atoms with Crippen LogP contribution in [-0.2, 0) is 13.0 Å². The van der Waals surface area contributed by atoms with Crippen LogP contribution in [0.2, 0.25) is 0 Å². The average Bonchev–Trinajstić information content (AvgIpc) is 2.98. The Morgan fingerprint density at radius 3 is 2.58 bits per heavy atom. The maximum absolute atomic E-state index is 12.6. The number of aromatic carboxylic acids is 1. The van der Waals surface area contributed by atoms with Crippen molar-refractivity contribution < 1.29 is 14.7 Å². The summed E-state index contributed by atoms with van der Waals surface area (Å²) in [6.45, 7) is 2.28. The number of rotatable bonds is 5. The van der Waals surface area contributed by atoms with Gasteiger partial charge in [0.1, 0.15) is 11.3 Å². The molecule has 0 aliphatic heterocycles. The Morgan fingerprint density at radius 2 is 1.92 bits per heavy atom. The number of amides is 1. The molecule has 6 heteroatoms. The van der Waals surface area contributed by atoms with Gasteiger partial charge in [0.2, 0.25) is 0 Å².